The summed E-state index contributed by atoms with van der Waals surface area (Å²) in [6.07, 6.45) is 1.57. The van der Waals surface area contributed by atoms with Crippen LogP contribution < -0.4 is 14.8 Å². The van der Waals surface area contributed by atoms with Crippen molar-refractivity contribution in [3.05, 3.63) is 41.5 Å². The van der Waals surface area contributed by atoms with Crippen LogP contribution in [-0.4, -0.2) is 36.2 Å². The second kappa shape index (κ2) is 6.29. The Labute approximate surface area is 118 Å². The third-order valence-corrected chi connectivity index (χ3v) is 2.92. The minimum atomic E-state index is -0.191. The Morgan fingerprint density at radius 3 is 2.55 bits per heavy atom. The number of hydrogen-bond donors (Lipinski definition) is 1. The Balaban J connectivity index is 2.46. The number of aryl methyl sites for hydroxylation is 1. The van der Waals surface area contributed by atoms with Crippen LogP contribution in [0.2, 0.25) is 0 Å². The monoisotopic (exact) mass is 274 g/mol. The largest absolute Gasteiger partial charge is 0.480 e. The molecule has 1 atom stereocenters. The molecule has 0 radical (unpaired) electrons. The number of pyridine rings is 1. The number of rotatable bonds is 5. The zero-order chi connectivity index (χ0) is 14.5. The molecule has 2 aromatic heterocycles. The highest BCUT2D eigenvalue weighted by Crippen LogP contribution is 2.27. The molecule has 2 rings (SSSR count). The third-order valence-electron chi connectivity index (χ3n) is 2.92. The van der Waals surface area contributed by atoms with Crippen molar-refractivity contribution in [3.8, 4) is 11.8 Å². The van der Waals surface area contributed by atoms with Gasteiger partial charge in [0.2, 0.25) is 11.8 Å². The van der Waals surface area contributed by atoms with Gasteiger partial charge in [0.15, 0.2) is 0 Å². The lowest BCUT2D eigenvalue weighted by atomic mass is 10.1. The zero-order valence-corrected chi connectivity index (χ0v) is 12.0. The van der Waals surface area contributed by atoms with Gasteiger partial charge in [0.25, 0.3) is 0 Å². The molecular formula is C14H18N4O2. The summed E-state index contributed by atoms with van der Waals surface area (Å²) < 4.78 is 10.4. The minimum absolute atomic E-state index is 0.191. The predicted octanol–water partition coefficient (Wildman–Crippen LogP) is 1.51. The van der Waals surface area contributed by atoms with Crippen molar-refractivity contribution in [2.75, 3.05) is 21.3 Å². The van der Waals surface area contributed by atoms with E-state index >= 15 is 0 Å². The van der Waals surface area contributed by atoms with Crippen molar-refractivity contribution in [2.45, 2.75) is 13.0 Å². The molecule has 0 saturated carbocycles. The fourth-order valence-electron chi connectivity index (χ4n) is 1.96. The molecule has 0 aliphatic rings. The maximum atomic E-state index is 5.30. The van der Waals surface area contributed by atoms with Crippen LogP contribution in [-0.2, 0) is 0 Å². The van der Waals surface area contributed by atoms with Crippen LogP contribution in [0, 0.1) is 6.92 Å². The van der Waals surface area contributed by atoms with E-state index in [2.05, 4.69) is 20.3 Å². The van der Waals surface area contributed by atoms with E-state index < -0.39 is 0 Å². The topological polar surface area (TPSA) is 69.2 Å². The molecule has 0 fully saturated rings. The van der Waals surface area contributed by atoms with Crippen molar-refractivity contribution < 1.29 is 9.47 Å². The SMILES string of the molecule is CNC(c1cccc(C)n1)c1ncc(OC)nc1OC. The lowest BCUT2D eigenvalue weighted by Crippen LogP contribution is -2.21. The Hall–Kier alpha value is -2.21. The number of hydrogen-bond acceptors (Lipinski definition) is 6. The Bertz CT molecular complexity index is 589. The number of aromatic nitrogens is 3. The van der Waals surface area contributed by atoms with Crippen molar-refractivity contribution in [1.29, 1.82) is 0 Å². The molecule has 6 nitrogen and oxygen atoms in total. The summed E-state index contributed by atoms with van der Waals surface area (Å²) in [6, 6.07) is 5.67. The van der Waals surface area contributed by atoms with Gasteiger partial charge in [-0.05, 0) is 26.1 Å². The minimum Gasteiger partial charge on any atom is -0.480 e. The molecular weight excluding hydrogens is 256 g/mol. The van der Waals surface area contributed by atoms with Crippen LogP contribution in [0.3, 0.4) is 0 Å². The number of nitrogens with one attached hydrogen (secondary N) is 1. The molecule has 0 aliphatic heterocycles. The van der Waals surface area contributed by atoms with E-state index in [1.807, 2.05) is 32.2 Å². The molecule has 0 saturated heterocycles. The Morgan fingerprint density at radius 1 is 1.15 bits per heavy atom. The fourth-order valence-corrected chi connectivity index (χ4v) is 1.96. The van der Waals surface area contributed by atoms with Gasteiger partial charge in [0.05, 0.1) is 32.2 Å². The Morgan fingerprint density at radius 2 is 1.95 bits per heavy atom. The molecule has 1 N–H and O–H groups in total. The first kappa shape index (κ1) is 14.2. The summed E-state index contributed by atoms with van der Waals surface area (Å²) in [5, 5.41) is 3.19. The van der Waals surface area contributed by atoms with Crippen molar-refractivity contribution in [3.63, 3.8) is 0 Å². The summed E-state index contributed by atoms with van der Waals surface area (Å²) in [4.78, 5) is 13.2. The zero-order valence-electron chi connectivity index (χ0n) is 12.0. The van der Waals surface area contributed by atoms with Crippen LogP contribution in [0.1, 0.15) is 23.1 Å². The summed E-state index contributed by atoms with van der Waals surface area (Å²) >= 11 is 0. The first-order valence-corrected chi connectivity index (χ1v) is 6.25. The van der Waals surface area contributed by atoms with Gasteiger partial charge in [-0.1, -0.05) is 6.07 Å². The van der Waals surface area contributed by atoms with E-state index in [-0.39, 0.29) is 6.04 Å². The molecule has 20 heavy (non-hydrogen) atoms. The van der Waals surface area contributed by atoms with E-state index in [4.69, 9.17) is 9.47 Å². The van der Waals surface area contributed by atoms with Crippen molar-refractivity contribution in [2.24, 2.45) is 0 Å². The number of methoxy groups -OCH3 is 2. The molecule has 0 aromatic carbocycles. The number of ether oxygens (including phenoxy) is 2. The Kier molecular flexibility index (Phi) is 4.47. The van der Waals surface area contributed by atoms with E-state index in [1.54, 1.807) is 20.4 Å². The maximum absolute atomic E-state index is 5.30. The van der Waals surface area contributed by atoms with Crippen molar-refractivity contribution >= 4 is 0 Å². The summed E-state index contributed by atoms with van der Waals surface area (Å²) in [7, 11) is 4.95. The van der Waals surface area contributed by atoms with Crippen LogP contribution in [0.25, 0.3) is 0 Å². The third kappa shape index (κ3) is 2.85. The van der Waals surface area contributed by atoms with Crippen LogP contribution in [0.5, 0.6) is 11.8 Å². The van der Waals surface area contributed by atoms with Crippen LogP contribution >= 0.6 is 0 Å². The molecule has 2 aromatic rings. The lowest BCUT2D eigenvalue weighted by Gasteiger charge is -2.17. The summed E-state index contributed by atoms with van der Waals surface area (Å²) in [5.41, 5.74) is 2.49. The average molecular weight is 274 g/mol. The quantitative estimate of drug-likeness (QED) is 0.891. The summed E-state index contributed by atoms with van der Waals surface area (Å²) in [5.74, 6) is 0.838. The van der Waals surface area contributed by atoms with Crippen LogP contribution in [0.15, 0.2) is 24.4 Å². The molecule has 1 unspecified atom stereocenters. The first-order valence-electron chi connectivity index (χ1n) is 6.25. The average Bonchev–Trinajstić information content (AvgIpc) is 2.48. The van der Waals surface area contributed by atoms with Gasteiger partial charge < -0.3 is 14.8 Å². The normalized spacial score (nSPS) is 12.0. The second-order valence-corrected chi connectivity index (χ2v) is 4.23. The van der Waals surface area contributed by atoms with Gasteiger partial charge in [-0.15, -0.1) is 0 Å². The van der Waals surface area contributed by atoms with E-state index in [0.29, 0.717) is 17.5 Å². The van der Waals surface area contributed by atoms with Gasteiger partial charge >= 0.3 is 0 Å². The van der Waals surface area contributed by atoms with Crippen molar-refractivity contribution in [1.82, 2.24) is 20.3 Å². The second-order valence-electron chi connectivity index (χ2n) is 4.23. The van der Waals surface area contributed by atoms with Gasteiger partial charge in [0, 0.05) is 5.69 Å². The fraction of sp³-hybridized carbons (Fsp3) is 0.357. The first-order chi connectivity index (χ1) is 9.69. The highest BCUT2D eigenvalue weighted by Gasteiger charge is 2.21. The van der Waals surface area contributed by atoms with E-state index in [0.717, 1.165) is 11.4 Å². The van der Waals surface area contributed by atoms with E-state index in [9.17, 15) is 0 Å². The molecule has 0 bridgehead atoms. The van der Waals surface area contributed by atoms with Crippen LogP contribution in [0.4, 0.5) is 0 Å². The standard InChI is InChI=1S/C14H18N4O2/c1-9-6-5-7-10(17-9)12(15-2)13-14(20-4)18-11(19-3)8-16-13/h5-8,12,15H,1-4H3. The molecule has 0 aliphatic carbocycles. The molecule has 0 spiro atoms. The highest BCUT2D eigenvalue weighted by molar-refractivity contribution is 5.32. The lowest BCUT2D eigenvalue weighted by molar-refractivity contribution is 0.353. The maximum Gasteiger partial charge on any atom is 0.240 e. The molecule has 106 valence electrons. The van der Waals surface area contributed by atoms with Gasteiger partial charge in [-0.2, -0.15) is 4.98 Å². The van der Waals surface area contributed by atoms with Gasteiger partial charge in [0.1, 0.15) is 5.69 Å². The smallest absolute Gasteiger partial charge is 0.240 e. The molecule has 6 heteroatoms. The summed E-state index contributed by atoms with van der Waals surface area (Å²) in [6.45, 7) is 1.95. The number of nitrogens with zero attached hydrogens (tertiary/aromatic N) is 3. The molecule has 0 amide bonds. The highest BCUT2D eigenvalue weighted by atomic mass is 16.5. The van der Waals surface area contributed by atoms with Gasteiger partial charge in [-0.3, -0.25) is 4.98 Å². The molecule has 2 heterocycles. The van der Waals surface area contributed by atoms with Gasteiger partial charge in [-0.25, -0.2) is 4.98 Å². The van der Waals surface area contributed by atoms with E-state index in [1.165, 1.54) is 0 Å². The predicted molar refractivity (Wildman–Crippen MR) is 75.0 cm³/mol.